The van der Waals surface area contributed by atoms with Gasteiger partial charge in [0.1, 0.15) is 23.0 Å². The summed E-state index contributed by atoms with van der Waals surface area (Å²) < 4.78 is 21.4. The number of guanidine groups is 1. The SMILES string of the molecule is COc1ccc(CN=C(NCCc2ccco2)NCc2ccc(OC)cc2OC)cc1. The summed E-state index contributed by atoms with van der Waals surface area (Å²) in [7, 11) is 4.95. The molecule has 164 valence electrons. The van der Waals surface area contributed by atoms with Gasteiger partial charge in [0.2, 0.25) is 0 Å². The monoisotopic (exact) mass is 423 g/mol. The summed E-state index contributed by atoms with van der Waals surface area (Å²) in [5.41, 5.74) is 2.10. The molecule has 0 amide bonds. The van der Waals surface area contributed by atoms with Crippen molar-refractivity contribution in [2.24, 2.45) is 4.99 Å². The standard InChI is InChI=1S/C24H29N3O4/c1-28-20-9-6-18(7-10-20)16-26-24(25-13-12-21-5-4-14-31-21)27-17-19-8-11-22(29-2)15-23(19)30-3/h4-11,14-15H,12-13,16-17H2,1-3H3,(H2,25,26,27). The van der Waals surface area contributed by atoms with E-state index in [2.05, 4.69) is 10.6 Å². The molecule has 0 unspecified atom stereocenters. The lowest BCUT2D eigenvalue weighted by Crippen LogP contribution is -2.38. The molecular weight excluding hydrogens is 394 g/mol. The fraction of sp³-hybridized carbons (Fsp3) is 0.292. The summed E-state index contributed by atoms with van der Waals surface area (Å²) >= 11 is 0. The van der Waals surface area contributed by atoms with Crippen LogP contribution in [0.2, 0.25) is 0 Å². The lowest BCUT2D eigenvalue weighted by atomic mass is 10.2. The van der Waals surface area contributed by atoms with E-state index >= 15 is 0 Å². The highest BCUT2D eigenvalue weighted by molar-refractivity contribution is 5.79. The van der Waals surface area contributed by atoms with Gasteiger partial charge in [0.15, 0.2) is 5.96 Å². The Bertz CT molecular complexity index is 953. The summed E-state index contributed by atoms with van der Waals surface area (Å²) in [6.07, 6.45) is 2.45. The average molecular weight is 424 g/mol. The molecule has 0 aliphatic heterocycles. The van der Waals surface area contributed by atoms with E-state index < -0.39 is 0 Å². The Morgan fingerprint density at radius 3 is 2.35 bits per heavy atom. The van der Waals surface area contributed by atoms with E-state index in [4.69, 9.17) is 23.6 Å². The fourth-order valence-electron chi connectivity index (χ4n) is 3.01. The molecule has 0 atom stereocenters. The van der Waals surface area contributed by atoms with Gasteiger partial charge in [-0.15, -0.1) is 0 Å². The molecule has 2 N–H and O–H groups in total. The molecule has 1 aromatic heterocycles. The minimum Gasteiger partial charge on any atom is -0.497 e. The number of hydrogen-bond donors (Lipinski definition) is 2. The molecule has 3 rings (SSSR count). The van der Waals surface area contributed by atoms with Gasteiger partial charge in [-0.2, -0.15) is 0 Å². The van der Waals surface area contributed by atoms with Gasteiger partial charge in [-0.05, 0) is 42.0 Å². The highest BCUT2D eigenvalue weighted by Gasteiger charge is 2.07. The minimum absolute atomic E-state index is 0.541. The van der Waals surface area contributed by atoms with Gasteiger partial charge in [-0.3, -0.25) is 0 Å². The summed E-state index contributed by atoms with van der Waals surface area (Å²) in [5, 5.41) is 6.75. The van der Waals surface area contributed by atoms with Crippen LogP contribution in [0.4, 0.5) is 0 Å². The van der Waals surface area contributed by atoms with E-state index in [9.17, 15) is 0 Å². The predicted octanol–water partition coefficient (Wildman–Crippen LogP) is 3.78. The lowest BCUT2D eigenvalue weighted by molar-refractivity contribution is 0.390. The first kappa shape index (κ1) is 22.1. The number of aliphatic imine (C=N–C) groups is 1. The Morgan fingerprint density at radius 2 is 1.68 bits per heavy atom. The van der Waals surface area contributed by atoms with Gasteiger partial charge in [0.05, 0.1) is 34.1 Å². The molecule has 7 nitrogen and oxygen atoms in total. The Hall–Kier alpha value is -3.61. The van der Waals surface area contributed by atoms with Crippen molar-refractivity contribution in [3.8, 4) is 17.2 Å². The number of rotatable bonds is 10. The molecule has 0 radical (unpaired) electrons. The molecule has 0 spiro atoms. The van der Waals surface area contributed by atoms with Crippen LogP contribution >= 0.6 is 0 Å². The Morgan fingerprint density at radius 1 is 0.903 bits per heavy atom. The van der Waals surface area contributed by atoms with E-state index in [-0.39, 0.29) is 0 Å². The van der Waals surface area contributed by atoms with Crippen molar-refractivity contribution in [2.75, 3.05) is 27.9 Å². The molecule has 0 saturated carbocycles. The first-order chi connectivity index (χ1) is 15.2. The zero-order chi connectivity index (χ0) is 21.9. The number of nitrogens with zero attached hydrogens (tertiary/aromatic N) is 1. The van der Waals surface area contributed by atoms with Gasteiger partial charge >= 0.3 is 0 Å². The topological polar surface area (TPSA) is 77.2 Å². The first-order valence-electron chi connectivity index (χ1n) is 10.1. The number of benzene rings is 2. The van der Waals surface area contributed by atoms with E-state index in [1.165, 1.54) is 0 Å². The molecule has 0 saturated heterocycles. The lowest BCUT2D eigenvalue weighted by Gasteiger charge is -2.15. The Labute approximate surface area is 183 Å². The zero-order valence-corrected chi connectivity index (χ0v) is 18.2. The van der Waals surface area contributed by atoms with Crippen LogP contribution < -0.4 is 24.8 Å². The highest BCUT2D eigenvalue weighted by atomic mass is 16.5. The summed E-state index contributed by atoms with van der Waals surface area (Å²) in [6.45, 7) is 1.80. The van der Waals surface area contributed by atoms with Crippen LogP contribution in [0, 0.1) is 0 Å². The molecule has 3 aromatic rings. The second-order valence-corrected chi connectivity index (χ2v) is 6.80. The van der Waals surface area contributed by atoms with Gasteiger partial charge in [-0.1, -0.05) is 12.1 Å². The largest absolute Gasteiger partial charge is 0.497 e. The summed E-state index contributed by atoms with van der Waals surface area (Å²) in [4.78, 5) is 4.73. The first-order valence-corrected chi connectivity index (χ1v) is 10.1. The van der Waals surface area contributed by atoms with Crippen molar-refractivity contribution in [3.05, 3.63) is 77.7 Å². The third-order valence-corrected chi connectivity index (χ3v) is 4.76. The van der Waals surface area contributed by atoms with Gasteiger partial charge < -0.3 is 29.3 Å². The molecule has 2 aromatic carbocycles. The van der Waals surface area contributed by atoms with Crippen molar-refractivity contribution in [2.45, 2.75) is 19.5 Å². The van der Waals surface area contributed by atoms with Gasteiger partial charge in [0, 0.05) is 31.1 Å². The quantitative estimate of drug-likeness (QED) is 0.382. The minimum atomic E-state index is 0.541. The molecule has 1 heterocycles. The number of hydrogen-bond acceptors (Lipinski definition) is 5. The smallest absolute Gasteiger partial charge is 0.191 e. The Kier molecular flexibility index (Phi) is 8.22. The van der Waals surface area contributed by atoms with Crippen LogP contribution in [0.1, 0.15) is 16.9 Å². The number of ether oxygens (including phenoxy) is 3. The van der Waals surface area contributed by atoms with E-state index in [1.807, 2.05) is 54.6 Å². The van der Waals surface area contributed by atoms with Gasteiger partial charge in [0.25, 0.3) is 0 Å². The van der Waals surface area contributed by atoms with E-state index in [0.29, 0.717) is 25.6 Å². The molecule has 0 aliphatic rings. The van der Waals surface area contributed by atoms with Crippen molar-refractivity contribution in [3.63, 3.8) is 0 Å². The normalized spacial score (nSPS) is 11.1. The van der Waals surface area contributed by atoms with E-state index in [0.717, 1.165) is 40.6 Å². The number of nitrogens with one attached hydrogen (secondary N) is 2. The van der Waals surface area contributed by atoms with Crippen LogP contribution in [-0.4, -0.2) is 33.8 Å². The third-order valence-electron chi connectivity index (χ3n) is 4.76. The second kappa shape index (κ2) is 11.5. The fourth-order valence-corrected chi connectivity index (χ4v) is 3.01. The molecule has 0 aliphatic carbocycles. The molecule has 7 heteroatoms. The van der Waals surface area contributed by atoms with Crippen molar-refractivity contribution >= 4 is 5.96 Å². The molecule has 0 bridgehead atoms. The van der Waals surface area contributed by atoms with Crippen molar-refractivity contribution < 1.29 is 18.6 Å². The summed E-state index contributed by atoms with van der Waals surface area (Å²) in [6, 6.07) is 17.5. The average Bonchev–Trinajstić information content (AvgIpc) is 3.34. The van der Waals surface area contributed by atoms with Crippen LogP contribution in [0.5, 0.6) is 17.2 Å². The maximum atomic E-state index is 5.50. The molecule has 0 fully saturated rings. The second-order valence-electron chi connectivity index (χ2n) is 6.80. The van der Waals surface area contributed by atoms with Crippen LogP contribution in [-0.2, 0) is 19.5 Å². The maximum absolute atomic E-state index is 5.50. The molecular formula is C24H29N3O4. The Balaban J connectivity index is 1.66. The van der Waals surface area contributed by atoms with Crippen LogP contribution in [0.25, 0.3) is 0 Å². The summed E-state index contributed by atoms with van der Waals surface area (Å²) in [5.74, 6) is 3.98. The highest BCUT2D eigenvalue weighted by Crippen LogP contribution is 2.24. The van der Waals surface area contributed by atoms with Crippen LogP contribution in [0.15, 0.2) is 70.3 Å². The predicted molar refractivity (Wildman–Crippen MR) is 121 cm³/mol. The zero-order valence-electron chi connectivity index (χ0n) is 18.2. The number of furan rings is 1. The van der Waals surface area contributed by atoms with Gasteiger partial charge in [-0.25, -0.2) is 4.99 Å². The van der Waals surface area contributed by atoms with E-state index in [1.54, 1.807) is 27.6 Å². The van der Waals surface area contributed by atoms with Crippen LogP contribution in [0.3, 0.4) is 0 Å². The van der Waals surface area contributed by atoms with Crippen molar-refractivity contribution in [1.29, 1.82) is 0 Å². The maximum Gasteiger partial charge on any atom is 0.191 e. The third kappa shape index (κ3) is 6.70. The van der Waals surface area contributed by atoms with Crippen molar-refractivity contribution in [1.82, 2.24) is 10.6 Å². The molecule has 31 heavy (non-hydrogen) atoms. The number of methoxy groups -OCH3 is 3.